The molecule has 1 fully saturated rings. The number of amides is 2. The number of anilines is 2. The summed E-state index contributed by atoms with van der Waals surface area (Å²) in [5, 5.41) is 5.98. The van der Waals surface area contributed by atoms with Crippen molar-refractivity contribution in [1.29, 1.82) is 0 Å². The molecule has 0 aromatic heterocycles. The van der Waals surface area contributed by atoms with Crippen LogP contribution in [0, 0.1) is 0 Å². The van der Waals surface area contributed by atoms with Crippen molar-refractivity contribution >= 4 is 23.2 Å². The lowest BCUT2D eigenvalue weighted by Crippen LogP contribution is -2.27. The molecule has 1 heterocycles. The van der Waals surface area contributed by atoms with Gasteiger partial charge in [0.25, 0.3) is 5.91 Å². The van der Waals surface area contributed by atoms with E-state index in [-0.39, 0.29) is 18.4 Å². The van der Waals surface area contributed by atoms with E-state index in [2.05, 4.69) is 17.6 Å². The number of rotatable bonds is 9. The lowest BCUT2D eigenvalue weighted by atomic mass is 10.2. The molecule has 1 aliphatic heterocycles. The molecule has 2 aromatic carbocycles. The van der Waals surface area contributed by atoms with Crippen molar-refractivity contribution in [2.45, 2.75) is 32.6 Å². The second kappa shape index (κ2) is 10.5. The first-order chi connectivity index (χ1) is 14.2. The molecule has 0 atom stereocenters. The Hall–Kier alpha value is -3.02. The number of nitrogens with zero attached hydrogens (tertiary/aromatic N) is 1. The third kappa shape index (κ3) is 5.98. The fourth-order valence-electron chi connectivity index (χ4n) is 3.24. The highest BCUT2D eigenvalue weighted by atomic mass is 16.5. The SMILES string of the molecule is CCCCOc1ccccc1NCC(=O)Nc1ccc(C(=O)N2CCCC2)cc1. The zero-order valence-electron chi connectivity index (χ0n) is 16.9. The normalized spacial score (nSPS) is 13.2. The monoisotopic (exact) mass is 395 g/mol. The van der Waals surface area contributed by atoms with E-state index < -0.39 is 0 Å². The van der Waals surface area contributed by atoms with Crippen LogP contribution in [-0.4, -0.2) is 43.0 Å². The molecule has 0 aliphatic carbocycles. The molecule has 6 nitrogen and oxygen atoms in total. The minimum absolute atomic E-state index is 0.0572. The molecule has 154 valence electrons. The lowest BCUT2D eigenvalue weighted by Gasteiger charge is -2.15. The maximum absolute atomic E-state index is 12.4. The van der Waals surface area contributed by atoms with Gasteiger partial charge in [0.05, 0.1) is 18.8 Å². The summed E-state index contributed by atoms with van der Waals surface area (Å²) in [4.78, 5) is 26.6. The van der Waals surface area contributed by atoms with E-state index in [0.29, 0.717) is 17.9 Å². The van der Waals surface area contributed by atoms with Gasteiger partial charge in [-0.25, -0.2) is 0 Å². The summed E-state index contributed by atoms with van der Waals surface area (Å²) in [5.41, 5.74) is 2.12. The first kappa shape index (κ1) is 20.7. The van der Waals surface area contributed by atoms with Gasteiger partial charge >= 0.3 is 0 Å². The molecule has 0 spiro atoms. The summed E-state index contributed by atoms with van der Waals surface area (Å²) < 4.78 is 5.78. The van der Waals surface area contributed by atoms with E-state index in [4.69, 9.17) is 4.74 Å². The third-order valence-corrected chi connectivity index (χ3v) is 4.89. The predicted octanol–water partition coefficient (Wildman–Crippen LogP) is 4.15. The van der Waals surface area contributed by atoms with Crippen LogP contribution in [0.3, 0.4) is 0 Å². The second-order valence-corrected chi connectivity index (χ2v) is 7.18. The Morgan fingerprint density at radius 2 is 1.76 bits per heavy atom. The van der Waals surface area contributed by atoms with Crippen LogP contribution in [-0.2, 0) is 4.79 Å². The van der Waals surface area contributed by atoms with Crippen LogP contribution in [0.4, 0.5) is 11.4 Å². The number of carbonyl (C=O) groups is 2. The Balaban J connectivity index is 1.50. The highest BCUT2D eigenvalue weighted by Crippen LogP contribution is 2.24. The Morgan fingerprint density at radius 3 is 2.48 bits per heavy atom. The van der Waals surface area contributed by atoms with Gasteiger partial charge in [-0.15, -0.1) is 0 Å². The van der Waals surface area contributed by atoms with Crippen LogP contribution >= 0.6 is 0 Å². The molecular formula is C23H29N3O3. The summed E-state index contributed by atoms with van der Waals surface area (Å²) in [6.07, 6.45) is 4.20. The first-order valence-corrected chi connectivity index (χ1v) is 10.3. The van der Waals surface area contributed by atoms with Crippen molar-refractivity contribution in [1.82, 2.24) is 4.90 Å². The van der Waals surface area contributed by atoms with Gasteiger partial charge in [-0.1, -0.05) is 25.5 Å². The first-order valence-electron chi connectivity index (χ1n) is 10.3. The van der Waals surface area contributed by atoms with Gasteiger partial charge in [0.1, 0.15) is 5.75 Å². The number of hydrogen-bond acceptors (Lipinski definition) is 4. The Morgan fingerprint density at radius 1 is 1.03 bits per heavy atom. The number of nitrogens with one attached hydrogen (secondary N) is 2. The Labute approximate surface area is 172 Å². The predicted molar refractivity (Wildman–Crippen MR) is 116 cm³/mol. The van der Waals surface area contributed by atoms with Gasteiger partial charge < -0.3 is 20.3 Å². The Bertz CT molecular complexity index is 814. The highest BCUT2D eigenvalue weighted by Gasteiger charge is 2.19. The molecule has 0 saturated carbocycles. The van der Waals surface area contributed by atoms with Crippen LogP contribution in [0.15, 0.2) is 48.5 Å². The Kier molecular flexibility index (Phi) is 7.50. The van der Waals surface area contributed by atoms with E-state index >= 15 is 0 Å². The third-order valence-electron chi connectivity index (χ3n) is 4.89. The summed E-state index contributed by atoms with van der Waals surface area (Å²) >= 11 is 0. The molecule has 2 amide bonds. The lowest BCUT2D eigenvalue weighted by molar-refractivity contribution is -0.114. The standard InChI is InChI=1S/C23H29N3O3/c1-2-3-16-29-21-9-5-4-8-20(21)24-17-22(27)25-19-12-10-18(11-13-19)23(28)26-14-6-7-15-26/h4-5,8-13,24H,2-3,6-7,14-17H2,1H3,(H,25,27). The van der Waals surface area contributed by atoms with Gasteiger partial charge in [-0.05, 0) is 55.7 Å². The van der Waals surface area contributed by atoms with Crippen LogP contribution in [0.1, 0.15) is 43.0 Å². The zero-order valence-corrected chi connectivity index (χ0v) is 16.9. The molecule has 6 heteroatoms. The maximum Gasteiger partial charge on any atom is 0.253 e. The number of para-hydroxylation sites is 2. The number of unbranched alkanes of at least 4 members (excludes halogenated alkanes) is 1. The van der Waals surface area contributed by atoms with Crippen molar-refractivity contribution in [2.24, 2.45) is 0 Å². The van der Waals surface area contributed by atoms with Gasteiger partial charge in [-0.3, -0.25) is 9.59 Å². The molecule has 1 saturated heterocycles. The van der Waals surface area contributed by atoms with Crippen molar-refractivity contribution < 1.29 is 14.3 Å². The van der Waals surface area contributed by atoms with Crippen LogP contribution in [0.5, 0.6) is 5.75 Å². The van der Waals surface area contributed by atoms with E-state index in [9.17, 15) is 9.59 Å². The second-order valence-electron chi connectivity index (χ2n) is 7.18. The number of carbonyl (C=O) groups excluding carboxylic acids is 2. The smallest absolute Gasteiger partial charge is 0.253 e. The number of benzene rings is 2. The summed E-state index contributed by atoms with van der Waals surface area (Å²) in [6.45, 7) is 4.55. The van der Waals surface area contributed by atoms with Crippen LogP contribution in [0.25, 0.3) is 0 Å². The summed E-state index contributed by atoms with van der Waals surface area (Å²) in [5.74, 6) is 0.646. The minimum atomic E-state index is -0.160. The summed E-state index contributed by atoms with van der Waals surface area (Å²) in [7, 11) is 0. The van der Waals surface area contributed by atoms with Crippen molar-refractivity contribution in [3.8, 4) is 5.75 Å². The van der Waals surface area contributed by atoms with Crippen molar-refractivity contribution in [3.05, 3.63) is 54.1 Å². The largest absolute Gasteiger partial charge is 0.491 e. The number of ether oxygens (including phenoxy) is 1. The molecule has 2 aromatic rings. The molecular weight excluding hydrogens is 366 g/mol. The van der Waals surface area contributed by atoms with Crippen molar-refractivity contribution in [3.63, 3.8) is 0 Å². The molecule has 1 aliphatic rings. The molecule has 0 unspecified atom stereocenters. The fraction of sp³-hybridized carbons (Fsp3) is 0.391. The van der Waals surface area contributed by atoms with Crippen molar-refractivity contribution in [2.75, 3.05) is 36.9 Å². The zero-order chi connectivity index (χ0) is 20.5. The molecule has 0 bridgehead atoms. The summed E-state index contributed by atoms with van der Waals surface area (Å²) in [6, 6.07) is 14.7. The average Bonchev–Trinajstić information content (AvgIpc) is 3.28. The van der Waals surface area contributed by atoms with Crippen LogP contribution in [0.2, 0.25) is 0 Å². The van der Waals surface area contributed by atoms with Gasteiger partial charge in [0.2, 0.25) is 5.91 Å². The highest BCUT2D eigenvalue weighted by molar-refractivity contribution is 5.96. The quantitative estimate of drug-likeness (QED) is 0.626. The van der Waals surface area contributed by atoms with E-state index in [0.717, 1.165) is 50.2 Å². The molecule has 0 radical (unpaired) electrons. The van der Waals surface area contributed by atoms with E-state index in [1.807, 2.05) is 29.2 Å². The molecule has 2 N–H and O–H groups in total. The number of hydrogen-bond donors (Lipinski definition) is 2. The molecule has 3 rings (SSSR count). The van der Waals surface area contributed by atoms with Gasteiger partial charge in [0.15, 0.2) is 0 Å². The average molecular weight is 396 g/mol. The van der Waals surface area contributed by atoms with E-state index in [1.54, 1.807) is 24.3 Å². The maximum atomic E-state index is 12.4. The van der Waals surface area contributed by atoms with E-state index in [1.165, 1.54) is 0 Å². The topological polar surface area (TPSA) is 70.7 Å². The molecule has 29 heavy (non-hydrogen) atoms. The minimum Gasteiger partial charge on any atom is -0.491 e. The van der Waals surface area contributed by atoms with Crippen LogP contribution < -0.4 is 15.4 Å². The van der Waals surface area contributed by atoms with Gasteiger partial charge in [0, 0.05) is 24.3 Å². The van der Waals surface area contributed by atoms with Gasteiger partial charge in [-0.2, -0.15) is 0 Å². The number of likely N-dealkylation sites (tertiary alicyclic amines) is 1. The fourth-order valence-corrected chi connectivity index (χ4v) is 3.24.